The van der Waals surface area contributed by atoms with Gasteiger partial charge >= 0.3 is 0 Å². The van der Waals surface area contributed by atoms with Gasteiger partial charge in [-0.1, -0.05) is 24.3 Å². The second-order valence-corrected chi connectivity index (χ2v) is 7.76. The Bertz CT molecular complexity index is 1260. The number of hydrazone groups is 1. The van der Waals surface area contributed by atoms with E-state index >= 15 is 0 Å². The quantitative estimate of drug-likeness (QED) is 0.267. The van der Waals surface area contributed by atoms with Gasteiger partial charge in [-0.25, -0.2) is 5.43 Å². The van der Waals surface area contributed by atoms with Crippen LogP contribution in [-0.2, 0) is 4.79 Å². The lowest BCUT2D eigenvalue weighted by molar-refractivity contribution is -0.117. The zero-order valence-corrected chi connectivity index (χ0v) is 18.7. The molecular weight excluding hydrogens is 490 g/mol. The summed E-state index contributed by atoms with van der Waals surface area (Å²) in [5.74, 6) is 0.189. The second-order valence-electron chi connectivity index (χ2n) is 6.90. The molecule has 0 saturated heterocycles. The van der Waals surface area contributed by atoms with Crippen molar-refractivity contribution >= 4 is 40.0 Å². The van der Waals surface area contributed by atoms with Crippen molar-refractivity contribution in [3.05, 3.63) is 93.6 Å². The van der Waals surface area contributed by atoms with Crippen molar-refractivity contribution in [2.24, 2.45) is 5.10 Å². The summed E-state index contributed by atoms with van der Waals surface area (Å²) in [6, 6.07) is 18.5. The molecule has 0 atom stereocenters. The van der Waals surface area contributed by atoms with Gasteiger partial charge in [0.2, 0.25) is 6.79 Å². The van der Waals surface area contributed by atoms with E-state index < -0.39 is 11.8 Å². The zero-order chi connectivity index (χ0) is 23.2. The number of aromatic hydroxyl groups is 1. The molecule has 0 radical (unpaired) electrons. The lowest BCUT2D eigenvalue weighted by Crippen LogP contribution is -2.32. The van der Waals surface area contributed by atoms with E-state index in [1.54, 1.807) is 60.7 Å². The summed E-state index contributed by atoms with van der Waals surface area (Å²) >= 11 is 3.22. The summed E-state index contributed by atoms with van der Waals surface area (Å²) in [7, 11) is 0. The minimum atomic E-state index is -0.619. The molecule has 0 fully saturated rings. The zero-order valence-electron chi connectivity index (χ0n) is 17.1. The number of halogens is 1. The lowest BCUT2D eigenvalue weighted by atomic mass is 10.1. The fraction of sp³-hybridized carbons (Fsp3) is 0.0417. The third-order valence-electron chi connectivity index (χ3n) is 4.59. The van der Waals surface area contributed by atoms with Gasteiger partial charge in [-0.15, -0.1) is 0 Å². The summed E-state index contributed by atoms with van der Waals surface area (Å²) in [6.07, 6.45) is 2.93. The topological polar surface area (TPSA) is 109 Å². The van der Waals surface area contributed by atoms with E-state index in [4.69, 9.17) is 9.47 Å². The van der Waals surface area contributed by atoms with Crippen LogP contribution in [0.1, 0.15) is 21.5 Å². The number of nitrogens with one attached hydrogen (secondary N) is 2. The molecule has 8 nitrogen and oxygen atoms in total. The van der Waals surface area contributed by atoms with Crippen LogP contribution in [0.15, 0.2) is 82.0 Å². The van der Waals surface area contributed by atoms with E-state index in [9.17, 15) is 14.7 Å². The fourth-order valence-electron chi connectivity index (χ4n) is 2.94. The van der Waals surface area contributed by atoms with Crippen LogP contribution in [0.5, 0.6) is 17.2 Å². The first kappa shape index (κ1) is 22.1. The fourth-order valence-corrected chi connectivity index (χ4v) is 3.34. The Kier molecular flexibility index (Phi) is 6.70. The molecule has 1 aliphatic rings. The lowest BCUT2D eigenvalue weighted by Gasteiger charge is -2.09. The molecule has 9 heteroatoms. The first-order chi connectivity index (χ1) is 16.0. The van der Waals surface area contributed by atoms with Crippen LogP contribution in [0.4, 0.5) is 0 Å². The number of hydrogen-bond donors (Lipinski definition) is 3. The Morgan fingerprint density at radius 3 is 2.52 bits per heavy atom. The van der Waals surface area contributed by atoms with E-state index in [0.717, 1.165) is 0 Å². The van der Waals surface area contributed by atoms with E-state index in [2.05, 4.69) is 31.8 Å². The number of ether oxygens (including phenoxy) is 2. The van der Waals surface area contributed by atoms with Crippen molar-refractivity contribution in [1.29, 1.82) is 0 Å². The van der Waals surface area contributed by atoms with Crippen molar-refractivity contribution < 1.29 is 24.2 Å². The van der Waals surface area contributed by atoms with Crippen LogP contribution >= 0.6 is 15.9 Å². The highest BCUT2D eigenvalue weighted by atomic mass is 79.9. The average Bonchev–Trinajstić information content (AvgIpc) is 3.29. The van der Waals surface area contributed by atoms with Crippen LogP contribution in [0.3, 0.4) is 0 Å². The van der Waals surface area contributed by atoms with Crippen molar-refractivity contribution in [3.63, 3.8) is 0 Å². The number of carbonyl (C=O) groups excluding carboxylic acids is 2. The number of fused-ring (bicyclic) bond motifs is 1. The first-order valence-electron chi connectivity index (χ1n) is 9.79. The third-order valence-corrected chi connectivity index (χ3v) is 5.22. The third kappa shape index (κ3) is 5.58. The van der Waals surface area contributed by atoms with Gasteiger partial charge in [-0.2, -0.15) is 5.10 Å². The number of carbonyl (C=O) groups is 2. The summed E-state index contributed by atoms with van der Waals surface area (Å²) in [6.45, 7) is 0.128. The van der Waals surface area contributed by atoms with Gasteiger partial charge in [0.05, 0.1) is 10.7 Å². The maximum Gasteiger partial charge on any atom is 0.287 e. The number of nitrogens with zero attached hydrogens (tertiary/aromatic N) is 1. The van der Waals surface area contributed by atoms with Gasteiger partial charge in [0.1, 0.15) is 11.4 Å². The van der Waals surface area contributed by atoms with Gasteiger partial charge < -0.3 is 19.9 Å². The maximum absolute atomic E-state index is 12.8. The Morgan fingerprint density at radius 2 is 1.73 bits per heavy atom. The van der Waals surface area contributed by atoms with Crippen molar-refractivity contribution in [3.8, 4) is 17.2 Å². The van der Waals surface area contributed by atoms with E-state index in [1.165, 1.54) is 18.4 Å². The SMILES string of the molecule is O=C(N/N=C/c1ccc(O)c(Br)c1)C(=Cc1ccc2c(c1)OCO2)NC(=O)c1ccccc1. The Labute approximate surface area is 197 Å². The van der Waals surface area contributed by atoms with Crippen molar-refractivity contribution in [2.45, 2.75) is 0 Å². The molecule has 1 aliphatic heterocycles. The summed E-state index contributed by atoms with van der Waals surface area (Å²) < 4.78 is 11.2. The molecule has 3 N–H and O–H groups in total. The van der Waals surface area contributed by atoms with Crippen molar-refractivity contribution in [1.82, 2.24) is 10.7 Å². The summed E-state index contributed by atoms with van der Waals surface area (Å²) in [5.41, 5.74) is 4.08. The molecule has 0 aliphatic carbocycles. The Hall–Kier alpha value is -4.11. The van der Waals surface area contributed by atoms with E-state index in [0.29, 0.717) is 32.7 Å². The molecule has 4 rings (SSSR count). The predicted molar refractivity (Wildman–Crippen MR) is 126 cm³/mol. The van der Waals surface area contributed by atoms with Crippen LogP contribution in [-0.4, -0.2) is 29.9 Å². The van der Waals surface area contributed by atoms with E-state index in [-0.39, 0.29) is 18.2 Å². The van der Waals surface area contributed by atoms with E-state index in [1.807, 2.05) is 0 Å². The molecule has 0 unspecified atom stereocenters. The summed E-state index contributed by atoms with van der Waals surface area (Å²) in [5, 5.41) is 16.2. The molecule has 1 heterocycles. The minimum absolute atomic E-state index is 0.00763. The van der Waals surface area contributed by atoms with Crippen molar-refractivity contribution in [2.75, 3.05) is 6.79 Å². The number of phenolic OH excluding ortho intramolecular Hbond substituents is 1. The molecule has 33 heavy (non-hydrogen) atoms. The molecule has 2 amide bonds. The highest BCUT2D eigenvalue weighted by molar-refractivity contribution is 9.10. The molecular formula is C24H18BrN3O5. The molecule has 0 bridgehead atoms. The van der Waals surface area contributed by atoms with Crippen LogP contribution in [0, 0.1) is 0 Å². The van der Waals surface area contributed by atoms with Gasteiger partial charge in [-0.05, 0) is 75.6 Å². The van der Waals surface area contributed by atoms with Gasteiger partial charge in [0.15, 0.2) is 11.5 Å². The van der Waals surface area contributed by atoms with Crippen LogP contribution in [0.2, 0.25) is 0 Å². The van der Waals surface area contributed by atoms with Gasteiger partial charge in [-0.3, -0.25) is 9.59 Å². The van der Waals surface area contributed by atoms with Crippen LogP contribution in [0.25, 0.3) is 6.08 Å². The Balaban J connectivity index is 1.55. The molecule has 0 saturated carbocycles. The molecule has 0 aromatic heterocycles. The number of amides is 2. The normalized spacial score (nSPS) is 12.6. The molecule has 3 aromatic rings. The highest BCUT2D eigenvalue weighted by Crippen LogP contribution is 2.33. The standard InChI is InChI=1S/C24H18BrN3O5/c25-18-10-16(6-8-20(18)29)13-26-28-24(31)19(27-23(30)17-4-2-1-3-5-17)11-15-7-9-21-22(12-15)33-14-32-21/h1-13,29H,14H2,(H,27,30)(H,28,31)/b19-11?,26-13+. The molecule has 0 spiro atoms. The number of phenols is 1. The average molecular weight is 508 g/mol. The minimum Gasteiger partial charge on any atom is -0.507 e. The monoisotopic (exact) mass is 507 g/mol. The Morgan fingerprint density at radius 1 is 0.970 bits per heavy atom. The van der Waals surface area contributed by atoms with Gasteiger partial charge in [0, 0.05) is 5.56 Å². The number of rotatable bonds is 6. The van der Waals surface area contributed by atoms with Gasteiger partial charge in [0.25, 0.3) is 11.8 Å². The molecule has 3 aromatic carbocycles. The van der Waals surface area contributed by atoms with Crippen LogP contribution < -0.4 is 20.2 Å². The highest BCUT2D eigenvalue weighted by Gasteiger charge is 2.16. The second kappa shape index (κ2) is 10.0. The smallest absolute Gasteiger partial charge is 0.287 e. The largest absolute Gasteiger partial charge is 0.507 e. The number of benzene rings is 3. The first-order valence-corrected chi connectivity index (χ1v) is 10.6. The predicted octanol–water partition coefficient (Wildman–Crippen LogP) is 3.80. The number of hydrogen-bond acceptors (Lipinski definition) is 6. The maximum atomic E-state index is 12.8. The summed E-state index contributed by atoms with van der Waals surface area (Å²) in [4.78, 5) is 25.5. The molecule has 166 valence electrons.